The predicted octanol–water partition coefficient (Wildman–Crippen LogP) is 5.43. The summed E-state index contributed by atoms with van der Waals surface area (Å²) in [6.45, 7) is 1.56. The number of hydrogen-bond acceptors (Lipinski definition) is 5. The molecule has 0 aliphatic heterocycles. The zero-order chi connectivity index (χ0) is 22.9. The number of carbonyl (C=O) groups is 1. The monoisotopic (exact) mass is 432 g/mol. The maximum atomic E-state index is 12.8. The van der Waals surface area contributed by atoms with Crippen LogP contribution in [0.5, 0.6) is 17.4 Å². The van der Waals surface area contributed by atoms with E-state index in [2.05, 4.69) is 10.3 Å². The topological polar surface area (TPSA) is 60.5 Å². The van der Waals surface area contributed by atoms with Crippen LogP contribution in [0.3, 0.4) is 0 Å². The van der Waals surface area contributed by atoms with Crippen LogP contribution in [-0.2, 0) is 12.7 Å². The van der Waals surface area contributed by atoms with Crippen LogP contribution >= 0.6 is 0 Å². The summed E-state index contributed by atoms with van der Waals surface area (Å²) in [5.41, 5.74) is 0.258. The fraction of sp³-hybridized carbons (Fsp3) is 0.217. The molecule has 0 unspecified atom stereocenters. The first kappa shape index (κ1) is 23.9. The first-order valence-electron chi connectivity index (χ1n) is 9.33. The molecule has 0 amide bonds. The summed E-state index contributed by atoms with van der Waals surface area (Å²) >= 11 is 0. The molecule has 3 rings (SSSR count). The number of rotatable bonds is 6. The summed E-state index contributed by atoms with van der Waals surface area (Å²) in [5, 5.41) is 2.67. The number of nitrogens with zero attached hydrogens (tertiary/aromatic N) is 1. The number of aromatic nitrogens is 1. The van der Waals surface area contributed by atoms with Crippen LogP contribution in [0.4, 0.5) is 13.2 Å². The van der Waals surface area contributed by atoms with Gasteiger partial charge in [-0.05, 0) is 56.4 Å². The van der Waals surface area contributed by atoms with Gasteiger partial charge in [0.2, 0.25) is 5.88 Å². The summed E-state index contributed by atoms with van der Waals surface area (Å²) in [7, 11) is 2.88. The largest absolute Gasteiger partial charge is 0.481 e. The molecule has 2 aromatic carbocycles. The number of para-hydroxylation sites is 1. The average molecular weight is 432 g/mol. The van der Waals surface area contributed by atoms with Crippen LogP contribution in [0, 0.1) is 6.92 Å². The molecule has 0 radical (unpaired) electrons. The molecule has 5 nitrogen and oxygen atoms in total. The molecular weight excluding hydrogens is 409 g/mol. The maximum Gasteiger partial charge on any atom is 0.416 e. The third-order valence-corrected chi connectivity index (χ3v) is 4.06. The molecule has 1 aromatic heterocycles. The fourth-order valence-corrected chi connectivity index (χ4v) is 2.68. The van der Waals surface area contributed by atoms with E-state index in [0.717, 1.165) is 23.9 Å². The Balaban J connectivity index is 0.000000220. The van der Waals surface area contributed by atoms with Crippen LogP contribution in [0.2, 0.25) is 0 Å². The van der Waals surface area contributed by atoms with Gasteiger partial charge < -0.3 is 14.8 Å². The van der Waals surface area contributed by atoms with Gasteiger partial charge in [-0.1, -0.05) is 18.2 Å². The molecule has 1 N–H and O–H groups in total. The van der Waals surface area contributed by atoms with Crippen LogP contribution in [0.25, 0.3) is 0 Å². The van der Waals surface area contributed by atoms with Gasteiger partial charge in [0, 0.05) is 23.4 Å². The lowest BCUT2D eigenvalue weighted by Crippen LogP contribution is -2.16. The minimum absolute atomic E-state index is 0.0154. The van der Waals surface area contributed by atoms with Crippen molar-refractivity contribution in [3.05, 3.63) is 83.0 Å². The smallest absolute Gasteiger partial charge is 0.416 e. The second-order valence-electron chi connectivity index (χ2n) is 6.43. The molecule has 0 saturated carbocycles. The minimum Gasteiger partial charge on any atom is -0.481 e. The van der Waals surface area contributed by atoms with Crippen molar-refractivity contribution in [3.63, 3.8) is 0 Å². The molecular formula is C23H23F3N2O3. The van der Waals surface area contributed by atoms with Gasteiger partial charge in [0.25, 0.3) is 0 Å². The van der Waals surface area contributed by atoms with E-state index in [9.17, 15) is 18.0 Å². The number of carbonyl (C=O) groups excluding carboxylic acids is 1. The lowest BCUT2D eigenvalue weighted by Gasteiger charge is -2.16. The molecule has 0 saturated heterocycles. The van der Waals surface area contributed by atoms with Crippen molar-refractivity contribution in [3.8, 4) is 17.4 Å². The van der Waals surface area contributed by atoms with Crippen molar-refractivity contribution >= 4 is 6.29 Å². The Kier molecular flexibility index (Phi) is 8.57. The number of benzene rings is 2. The molecule has 0 aliphatic carbocycles. The summed E-state index contributed by atoms with van der Waals surface area (Å²) in [5.74, 6) is 1.53. The molecule has 8 heteroatoms. The van der Waals surface area contributed by atoms with Crippen molar-refractivity contribution in [2.24, 2.45) is 0 Å². The van der Waals surface area contributed by atoms with E-state index in [-0.39, 0.29) is 23.7 Å². The summed E-state index contributed by atoms with van der Waals surface area (Å²) in [4.78, 5) is 14.4. The van der Waals surface area contributed by atoms with Crippen LogP contribution in [0.1, 0.15) is 27.2 Å². The fourth-order valence-electron chi connectivity index (χ4n) is 2.68. The van der Waals surface area contributed by atoms with Gasteiger partial charge >= 0.3 is 6.18 Å². The minimum atomic E-state index is -4.40. The first-order valence-corrected chi connectivity index (χ1v) is 9.33. The molecule has 0 spiro atoms. The Morgan fingerprint density at radius 3 is 2.16 bits per heavy atom. The Bertz CT molecular complexity index is 976. The van der Waals surface area contributed by atoms with Crippen molar-refractivity contribution in [2.45, 2.75) is 19.6 Å². The number of methoxy groups -OCH3 is 1. The highest BCUT2D eigenvalue weighted by Crippen LogP contribution is 2.35. The lowest BCUT2D eigenvalue weighted by atomic mass is 10.1. The van der Waals surface area contributed by atoms with Gasteiger partial charge in [0.15, 0.2) is 0 Å². The number of halogens is 3. The zero-order valence-corrected chi connectivity index (χ0v) is 17.4. The quantitative estimate of drug-likeness (QED) is 0.527. The number of aryl methyl sites for hydroxylation is 1. The number of ether oxygens (including phenoxy) is 2. The van der Waals surface area contributed by atoms with E-state index < -0.39 is 11.7 Å². The average Bonchev–Trinajstić information content (AvgIpc) is 2.76. The third kappa shape index (κ3) is 7.11. The Morgan fingerprint density at radius 2 is 1.65 bits per heavy atom. The Labute approximate surface area is 178 Å². The Hall–Kier alpha value is -3.39. The van der Waals surface area contributed by atoms with Crippen LogP contribution in [-0.4, -0.2) is 25.4 Å². The first-order chi connectivity index (χ1) is 14.8. The second-order valence-corrected chi connectivity index (χ2v) is 6.43. The van der Waals surface area contributed by atoms with E-state index in [0.29, 0.717) is 5.56 Å². The highest BCUT2D eigenvalue weighted by atomic mass is 19.4. The van der Waals surface area contributed by atoms with Gasteiger partial charge in [-0.2, -0.15) is 13.2 Å². The van der Waals surface area contributed by atoms with E-state index in [1.807, 2.05) is 30.3 Å². The Morgan fingerprint density at radius 1 is 1.03 bits per heavy atom. The standard InChI is InChI=1S/C13H10O2.C10H13F3N2O/c14-10-11-6-8-13(9-7-11)15-12-4-2-1-3-5-12;1-6-4-8(10(11,12)13)7(5-14-2)9(15-6)16-3/h1-10H;4,14H,5H2,1-3H3. The molecule has 1 heterocycles. The van der Waals surface area contributed by atoms with E-state index in [1.54, 1.807) is 31.3 Å². The number of nitrogens with one attached hydrogen (secondary N) is 1. The van der Waals surface area contributed by atoms with E-state index >= 15 is 0 Å². The molecule has 0 fully saturated rings. The van der Waals surface area contributed by atoms with Gasteiger partial charge in [-0.25, -0.2) is 4.98 Å². The van der Waals surface area contributed by atoms with Crippen LogP contribution < -0.4 is 14.8 Å². The molecule has 164 valence electrons. The molecule has 31 heavy (non-hydrogen) atoms. The third-order valence-electron chi connectivity index (χ3n) is 4.06. The number of hydrogen-bond donors (Lipinski definition) is 1. The van der Waals surface area contributed by atoms with Gasteiger partial charge in [-0.15, -0.1) is 0 Å². The van der Waals surface area contributed by atoms with Gasteiger partial charge in [0.1, 0.15) is 17.8 Å². The second kappa shape index (κ2) is 11.1. The highest BCUT2D eigenvalue weighted by Gasteiger charge is 2.35. The lowest BCUT2D eigenvalue weighted by molar-refractivity contribution is -0.138. The summed E-state index contributed by atoms with van der Waals surface area (Å²) in [6, 6.07) is 17.5. The molecule has 0 atom stereocenters. The molecule has 3 aromatic rings. The number of alkyl halides is 3. The number of pyridine rings is 1. The molecule has 0 bridgehead atoms. The van der Waals surface area contributed by atoms with Crippen molar-refractivity contribution in [1.29, 1.82) is 0 Å². The molecule has 0 aliphatic rings. The van der Waals surface area contributed by atoms with E-state index in [4.69, 9.17) is 9.47 Å². The van der Waals surface area contributed by atoms with Crippen molar-refractivity contribution < 1.29 is 27.4 Å². The van der Waals surface area contributed by atoms with Crippen molar-refractivity contribution in [1.82, 2.24) is 10.3 Å². The summed E-state index contributed by atoms with van der Waals surface area (Å²) in [6.07, 6.45) is -3.58. The SMILES string of the molecule is CNCc1c(C(F)(F)F)cc(C)nc1OC.O=Cc1ccc(Oc2ccccc2)cc1. The highest BCUT2D eigenvalue weighted by molar-refractivity contribution is 5.74. The number of aldehydes is 1. The van der Waals surface area contributed by atoms with Gasteiger partial charge in [0.05, 0.1) is 12.7 Å². The van der Waals surface area contributed by atoms with Crippen molar-refractivity contribution in [2.75, 3.05) is 14.2 Å². The zero-order valence-electron chi connectivity index (χ0n) is 17.4. The normalized spacial score (nSPS) is 10.6. The van der Waals surface area contributed by atoms with E-state index in [1.165, 1.54) is 14.0 Å². The maximum absolute atomic E-state index is 12.8. The van der Waals surface area contributed by atoms with Crippen LogP contribution in [0.15, 0.2) is 60.7 Å². The predicted molar refractivity (Wildman–Crippen MR) is 112 cm³/mol. The summed E-state index contributed by atoms with van der Waals surface area (Å²) < 4.78 is 48.7. The van der Waals surface area contributed by atoms with Gasteiger partial charge in [-0.3, -0.25) is 4.79 Å².